The fourth-order valence-corrected chi connectivity index (χ4v) is 4.98. The van der Waals surface area contributed by atoms with Crippen LogP contribution in [0.1, 0.15) is 22.8 Å². The number of ketones is 1. The van der Waals surface area contributed by atoms with Crippen LogP contribution in [0.15, 0.2) is 78.9 Å². The molecule has 0 saturated carbocycles. The average molecular weight is 481 g/mol. The largest absolute Gasteiger partial charge is 0.354 e. The summed E-state index contributed by atoms with van der Waals surface area (Å²) < 4.78 is 0. The Labute approximate surface area is 211 Å². The Morgan fingerprint density at radius 1 is 0.806 bits per heavy atom. The molecule has 5 rings (SSSR count). The maximum absolute atomic E-state index is 13.6. The third-order valence-corrected chi connectivity index (χ3v) is 6.92. The lowest BCUT2D eigenvalue weighted by molar-refractivity contribution is -0.117. The molecule has 184 valence electrons. The van der Waals surface area contributed by atoms with Crippen LogP contribution in [0.2, 0.25) is 0 Å². The summed E-state index contributed by atoms with van der Waals surface area (Å²) in [5, 5.41) is 4.02. The molecule has 3 aromatic carbocycles. The number of benzene rings is 3. The second-order valence-electron chi connectivity index (χ2n) is 9.32. The monoisotopic (exact) mass is 480 g/mol. The van der Waals surface area contributed by atoms with Gasteiger partial charge in [0.15, 0.2) is 5.78 Å². The fraction of sp³-hybridized carbons (Fsp3) is 0.267. The van der Waals surface area contributed by atoms with Crippen LogP contribution < -0.4 is 5.32 Å². The van der Waals surface area contributed by atoms with E-state index in [1.165, 1.54) is 0 Å². The average Bonchev–Trinajstić information content (AvgIpc) is 3.30. The molecule has 6 nitrogen and oxygen atoms in total. The number of hydrogen-bond donors (Lipinski definition) is 2. The van der Waals surface area contributed by atoms with Crippen molar-refractivity contribution in [3.8, 4) is 11.3 Å². The van der Waals surface area contributed by atoms with Crippen molar-refractivity contribution in [2.24, 2.45) is 0 Å². The van der Waals surface area contributed by atoms with Gasteiger partial charge in [-0.1, -0.05) is 73.7 Å². The summed E-state index contributed by atoms with van der Waals surface area (Å²) in [7, 11) is 0. The molecular formula is C30H32N4O2. The van der Waals surface area contributed by atoms with E-state index in [0.29, 0.717) is 13.1 Å². The molecule has 0 aliphatic carbocycles. The van der Waals surface area contributed by atoms with Crippen molar-refractivity contribution in [2.45, 2.75) is 13.3 Å². The van der Waals surface area contributed by atoms with Crippen LogP contribution >= 0.6 is 0 Å². The number of carbonyl (C=O) groups is 2. The third-order valence-electron chi connectivity index (χ3n) is 6.92. The molecule has 0 unspecified atom stereocenters. The molecular weight excluding hydrogens is 448 g/mol. The van der Waals surface area contributed by atoms with Gasteiger partial charge >= 0.3 is 0 Å². The van der Waals surface area contributed by atoms with Crippen molar-refractivity contribution in [3.05, 3.63) is 90.0 Å². The molecule has 6 heteroatoms. The van der Waals surface area contributed by atoms with E-state index in [9.17, 15) is 9.59 Å². The van der Waals surface area contributed by atoms with Gasteiger partial charge in [-0.3, -0.25) is 19.4 Å². The number of Topliss-reactive ketones (excluding diaryl/α,β-unsaturated/α-hetero) is 1. The van der Waals surface area contributed by atoms with E-state index in [2.05, 4.69) is 27.0 Å². The molecule has 1 fully saturated rings. The van der Waals surface area contributed by atoms with E-state index in [1.54, 1.807) is 0 Å². The maximum atomic E-state index is 13.6. The number of anilines is 1. The molecule has 2 N–H and O–H groups in total. The van der Waals surface area contributed by atoms with Crippen molar-refractivity contribution in [3.63, 3.8) is 0 Å². The van der Waals surface area contributed by atoms with Crippen molar-refractivity contribution in [1.29, 1.82) is 0 Å². The SMILES string of the molecule is CCc1ccccc1NC(=O)CN1CCN(CC(=O)c2c(-c3ccccc3)[nH]c3ccccc23)CC1. The number of piperazine rings is 1. The Morgan fingerprint density at radius 3 is 2.19 bits per heavy atom. The van der Waals surface area contributed by atoms with Crippen molar-refractivity contribution < 1.29 is 9.59 Å². The van der Waals surface area contributed by atoms with Gasteiger partial charge in [0.1, 0.15) is 0 Å². The summed E-state index contributed by atoms with van der Waals surface area (Å²) in [6.07, 6.45) is 0.881. The van der Waals surface area contributed by atoms with Crippen LogP contribution in [-0.4, -0.2) is 65.7 Å². The summed E-state index contributed by atoms with van der Waals surface area (Å²) in [5.41, 5.74) is 5.65. The van der Waals surface area contributed by atoms with E-state index in [0.717, 1.165) is 71.6 Å². The van der Waals surface area contributed by atoms with Gasteiger partial charge in [-0.2, -0.15) is 0 Å². The number of aromatic nitrogens is 1. The highest BCUT2D eigenvalue weighted by Gasteiger charge is 2.25. The number of rotatable bonds is 8. The number of nitrogens with zero attached hydrogens (tertiary/aromatic N) is 2. The van der Waals surface area contributed by atoms with Crippen LogP contribution in [0.4, 0.5) is 5.69 Å². The van der Waals surface area contributed by atoms with Gasteiger partial charge in [0.2, 0.25) is 5.91 Å². The van der Waals surface area contributed by atoms with Gasteiger partial charge in [-0.25, -0.2) is 0 Å². The van der Waals surface area contributed by atoms with Gasteiger partial charge < -0.3 is 10.3 Å². The van der Waals surface area contributed by atoms with Gasteiger partial charge in [0.25, 0.3) is 0 Å². The van der Waals surface area contributed by atoms with Crippen LogP contribution in [0.5, 0.6) is 0 Å². The zero-order valence-corrected chi connectivity index (χ0v) is 20.7. The Kier molecular flexibility index (Phi) is 7.26. The number of amides is 1. The summed E-state index contributed by atoms with van der Waals surface area (Å²) in [6, 6.07) is 26.0. The van der Waals surface area contributed by atoms with Crippen molar-refractivity contribution >= 4 is 28.3 Å². The maximum Gasteiger partial charge on any atom is 0.238 e. The molecule has 1 aromatic heterocycles. The van der Waals surface area contributed by atoms with E-state index < -0.39 is 0 Å². The molecule has 0 bridgehead atoms. The van der Waals surface area contributed by atoms with Gasteiger partial charge in [-0.15, -0.1) is 0 Å². The standard InChI is InChI=1S/C30H32N4O2/c1-2-22-10-6-8-14-25(22)31-28(36)21-34-18-16-33(17-19-34)20-27(35)29-24-13-7-9-15-26(24)32-30(29)23-11-4-3-5-12-23/h3-15,32H,2,16-21H2,1H3,(H,31,36). The zero-order chi connectivity index (χ0) is 24.9. The zero-order valence-electron chi connectivity index (χ0n) is 20.7. The van der Waals surface area contributed by atoms with Crippen LogP contribution in [-0.2, 0) is 11.2 Å². The highest BCUT2D eigenvalue weighted by molar-refractivity contribution is 6.14. The molecule has 0 spiro atoms. The van der Waals surface area contributed by atoms with Crippen LogP contribution in [0, 0.1) is 0 Å². The Morgan fingerprint density at radius 2 is 1.44 bits per heavy atom. The highest BCUT2D eigenvalue weighted by atomic mass is 16.2. The van der Waals surface area contributed by atoms with Gasteiger partial charge in [-0.05, 0) is 29.7 Å². The number of para-hydroxylation sites is 2. The van der Waals surface area contributed by atoms with Gasteiger partial charge in [0, 0.05) is 42.8 Å². The minimum absolute atomic E-state index is 0.00622. The first kappa shape index (κ1) is 24.0. The smallest absolute Gasteiger partial charge is 0.238 e. The molecule has 4 aromatic rings. The van der Waals surface area contributed by atoms with E-state index in [1.807, 2.05) is 78.9 Å². The molecule has 0 atom stereocenters. The summed E-state index contributed by atoms with van der Waals surface area (Å²) in [6.45, 7) is 5.85. The Bertz CT molecular complexity index is 1350. The van der Waals surface area contributed by atoms with Crippen molar-refractivity contribution in [2.75, 3.05) is 44.6 Å². The predicted octanol–water partition coefficient (Wildman–Crippen LogP) is 4.84. The number of aromatic amines is 1. The molecule has 2 heterocycles. The summed E-state index contributed by atoms with van der Waals surface area (Å²) in [4.78, 5) is 34.0. The third kappa shape index (κ3) is 5.25. The number of carbonyl (C=O) groups excluding carboxylic acids is 2. The quantitative estimate of drug-likeness (QED) is 0.354. The molecule has 1 saturated heterocycles. The highest BCUT2D eigenvalue weighted by Crippen LogP contribution is 2.31. The Balaban J connectivity index is 1.21. The minimum Gasteiger partial charge on any atom is -0.354 e. The Hall–Kier alpha value is -3.74. The number of H-pyrrole nitrogens is 1. The minimum atomic E-state index is 0.00622. The lowest BCUT2D eigenvalue weighted by Gasteiger charge is -2.33. The number of nitrogens with one attached hydrogen (secondary N) is 2. The number of hydrogen-bond acceptors (Lipinski definition) is 4. The lowest BCUT2D eigenvalue weighted by Crippen LogP contribution is -2.49. The molecule has 0 radical (unpaired) electrons. The summed E-state index contributed by atoms with van der Waals surface area (Å²) in [5.74, 6) is 0.125. The van der Waals surface area contributed by atoms with Gasteiger partial charge in [0.05, 0.1) is 24.3 Å². The first-order valence-electron chi connectivity index (χ1n) is 12.6. The normalized spacial score (nSPS) is 14.7. The van der Waals surface area contributed by atoms with E-state index >= 15 is 0 Å². The molecule has 1 aliphatic heterocycles. The summed E-state index contributed by atoms with van der Waals surface area (Å²) >= 11 is 0. The molecule has 36 heavy (non-hydrogen) atoms. The van der Waals surface area contributed by atoms with Crippen LogP contribution in [0.3, 0.4) is 0 Å². The first-order chi connectivity index (χ1) is 17.6. The first-order valence-corrected chi connectivity index (χ1v) is 12.6. The second-order valence-corrected chi connectivity index (χ2v) is 9.32. The lowest BCUT2D eigenvalue weighted by atomic mass is 10.0. The molecule has 1 aliphatic rings. The van der Waals surface area contributed by atoms with E-state index in [-0.39, 0.29) is 11.7 Å². The van der Waals surface area contributed by atoms with E-state index in [4.69, 9.17) is 0 Å². The fourth-order valence-electron chi connectivity index (χ4n) is 4.98. The van der Waals surface area contributed by atoms with Crippen molar-refractivity contribution in [1.82, 2.24) is 14.8 Å². The topological polar surface area (TPSA) is 68.4 Å². The second kappa shape index (κ2) is 10.9. The molecule has 1 amide bonds. The number of aryl methyl sites for hydroxylation is 1. The predicted molar refractivity (Wildman–Crippen MR) is 145 cm³/mol. The number of fused-ring (bicyclic) bond motifs is 1. The van der Waals surface area contributed by atoms with Crippen LogP contribution in [0.25, 0.3) is 22.2 Å².